The summed E-state index contributed by atoms with van der Waals surface area (Å²) >= 11 is 1.16. The second-order valence-electron chi connectivity index (χ2n) is 8.08. The number of nitrogens with zero attached hydrogens (tertiary/aromatic N) is 3. The van der Waals surface area contributed by atoms with Gasteiger partial charge in [0.15, 0.2) is 5.16 Å². The number of aromatic nitrogens is 2. The maximum absolute atomic E-state index is 13.6. The van der Waals surface area contributed by atoms with Crippen LogP contribution < -0.4 is 9.62 Å². The van der Waals surface area contributed by atoms with Gasteiger partial charge in [-0.15, -0.1) is 0 Å². The number of fused-ring (bicyclic) bond motifs is 3. The Morgan fingerprint density at radius 1 is 0.971 bits per heavy atom. The third kappa shape index (κ3) is 4.78. The maximum atomic E-state index is 13.6. The fourth-order valence-electron chi connectivity index (χ4n) is 3.82. The van der Waals surface area contributed by atoms with Crippen LogP contribution in [0.1, 0.15) is 11.1 Å². The molecule has 1 aliphatic heterocycles. The molecule has 0 aliphatic carbocycles. The minimum Gasteiger partial charge on any atom is -0.325 e. The van der Waals surface area contributed by atoms with Crippen molar-refractivity contribution in [3.63, 3.8) is 0 Å². The molecule has 4 aromatic rings. The number of amides is 1. The van der Waals surface area contributed by atoms with Gasteiger partial charge in [-0.2, -0.15) is 0 Å². The number of aryl methyl sites for hydroxylation is 1. The van der Waals surface area contributed by atoms with Crippen molar-refractivity contribution in [3.8, 4) is 11.3 Å². The lowest BCUT2D eigenvalue weighted by Gasteiger charge is -2.31. The lowest BCUT2D eigenvalue weighted by molar-refractivity contribution is -0.113. The van der Waals surface area contributed by atoms with Gasteiger partial charge < -0.3 is 5.32 Å². The number of hydrogen-bond donors (Lipinski definition) is 1. The number of para-hydroxylation sites is 2. The Morgan fingerprint density at radius 2 is 1.69 bits per heavy atom. The number of carbonyl (C=O) groups excluding carboxylic acids is 1. The number of benzene rings is 3. The zero-order valence-corrected chi connectivity index (χ0v) is 20.5. The number of hydrogen-bond acceptors (Lipinski definition) is 6. The monoisotopic (exact) mass is 502 g/mol. The van der Waals surface area contributed by atoms with Crippen LogP contribution in [-0.4, -0.2) is 30.0 Å². The van der Waals surface area contributed by atoms with Gasteiger partial charge in [0.05, 0.1) is 29.9 Å². The Bertz CT molecular complexity index is 1490. The van der Waals surface area contributed by atoms with E-state index in [1.54, 1.807) is 6.07 Å². The van der Waals surface area contributed by atoms with Crippen LogP contribution in [0.4, 0.5) is 11.4 Å². The molecule has 1 amide bonds. The molecule has 0 saturated heterocycles. The Morgan fingerprint density at radius 3 is 2.46 bits per heavy atom. The highest BCUT2D eigenvalue weighted by Crippen LogP contribution is 2.42. The van der Waals surface area contributed by atoms with E-state index >= 15 is 0 Å². The molecule has 0 bridgehead atoms. The highest BCUT2D eigenvalue weighted by atomic mass is 32.2. The predicted octanol–water partition coefficient (Wildman–Crippen LogP) is 4.89. The Labute approximate surface area is 208 Å². The minimum atomic E-state index is -3.87. The van der Waals surface area contributed by atoms with Crippen molar-refractivity contribution in [2.24, 2.45) is 0 Å². The summed E-state index contributed by atoms with van der Waals surface area (Å²) in [4.78, 5) is 21.2. The molecule has 0 radical (unpaired) electrons. The number of nitrogens with one attached hydrogen (secondary N) is 1. The molecule has 1 N–H and O–H groups in total. The van der Waals surface area contributed by atoms with Crippen LogP contribution in [-0.2, 0) is 21.4 Å². The smallest absolute Gasteiger partial charge is 0.268 e. The first-order valence-corrected chi connectivity index (χ1v) is 13.4. The number of sulfonamides is 1. The summed E-state index contributed by atoms with van der Waals surface area (Å²) in [6.07, 6.45) is 1.34. The van der Waals surface area contributed by atoms with Crippen LogP contribution in [0.15, 0.2) is 95.1 Å². The molecule has 2 heterocycles. The minimum absolute atomic E-state index is 0.0569. The summed E-state index contributed by atoms with van der Waals surface area (Å²) < 4.78 is 28.6. The van der Waals surface area contributed by atoms with E-state index in [1.165, 1.54) is 10.5 Å². The fraction of sp³-hybridized carbons (Fsp3) is 0.115. The molecule has 0 atom stereocenters. The van der Waals surface area contributed by atoms with E-state index in [4.69, 9.17) is 0 Å². The first kappa shape index (κ1) is 23.1. The van der Waals surface area contributed by atoms with Crippen molar-refractivity contribution < 1.29 is 13.2 Å². The normalized spacial score (nSPS) is 13.6. The van der Waals surface area contributed by atoms with E-state index < -0.39 is 10.0 Å². The largest absolute Gasteiger partial charge is 0.325 e. The van der Waals surface area contributed by atoms with Crippen molar-refractivity contribution >= 4 is 39.1 Å². The third-order valence-electron chi connectivity index (χ3n) is 5.57. The molecule has 3 aromatic carbocycles. The van der Waals surface area contributed by atoms with Crippen molar-refractivity contribution in [1.82, 2.24) is 9.97 Å². The molecule has 1 aliphatic rings. The van der Waals surface area contributed by atoms with Crippen LogP contribution in [0.5, 0.6) is 0 Å². The molecule has 35 heavy (non-hydrogen) atoms. The molecular formula is C26H22N4O3S2. The third-order valence-corrected chi connectivity index (χ3v) is 8.19. The first-order valence-electron chi connectivity index (χ1n) is 10.9. The van der Waals surface area contributed by atoms with Crippen molar-refractivity contribution in [1.29, 1.82) is 0 Å². The van der Waals surface area contributed by atoms with Gasteiger partial charge in [-0.1, -0.05) is 78.0 Å². The average Bonchev–Trinajstić information content (AvgIpc) is 2.87. The number of anilines is 2. The van der Waals surface area contributed by atoms with E-state index in [9.17, 15) is 13.2 Å². The van der Waals surface area contributed by atoms with Crippen LogP contribution in [0, 0.1) is 6.92 Å². The summed E-state index contributed by atoms with van der Waals surface area (Å²) in [7, 11) is -3.87. The quantitative estimate of drug-likeness (QED) is 0.298. The number of thioether (sulfide) groups is 1. The van der Waals surface area contributed by atoms with Crippen LogP contribution in [0.25, 0.3) is 11.3 Å². The predicted molar refractivity (Wildman–Crippen MR) is 138 cm³/mol. The number of carbonyl (C=O) groups is 1. The van der Waals surface area contributed by atoms with E-state index in [0.29, 0.717) is 27.8 Å². The van der Waals surface area contributed by atoms with E-state index in [2.05, 4.69) is 15.3 Å². The van der Waals surface area contributed by atoms with Gasteiger partial charge >= 0.3 is 0 Å². The summed E-state index contributed by atoms with van der Waals surface area (Å²) in [6, 6.07) is 24.3. The average molecular weight is 503 g/mol. The topological polar surface area (TPSA) is 92.3 Å². The SMILES string of the molecule is Cc1ccc(CN2c3ccccc3-c3nc(SCC(=O)Nc4ccccc4)ncc3S2(=O)=O)cc1. The molecule has 0 unspecified atom stereocenters. The molecular weight excluding hydrogens is 480 g/mol. The Balaban J connectivity index is 1.42. The molecule has 0 spiro atoms. The second kappa shape index (κ2) is 9.52. The molecule has 1 aromatic heterocycles. The zero-order valence-electron chi connectivity index (χ0n) is 18.9. The van der Waals surface area contributed by atoms with Crippen LogP contribution in [0.3, 0.4) is 0 Å². The van der Waals surface area contributed by atoms with E-state index in [1.807, 2.05) is 79.7 Å². The van der Waals surface area contributed by atoms with Gasteiger partial charge in [-0.05, 0) is 30.7 Å². The molecule has 0 fully saturated rings. The number of rotatable bonds is 6. The fourth-order valence-corrected chi connectivity index (χ4v) is 6.00. The lowest BCUT2D eigenvalue weighted by atomic mass is 10.1. The van der Waals surface area contributed by atoms with E-state index in [0.717, 1.165) is 22.9 Å². The summed E-state index contributed by atoms with van der Waals surface area (Å²) in [6.45, 7) is 2.19. The first-order chi connectivity index (χ1) is 16.9. The summed E-state index contributed by atoms with van der Waals surface area (Å²) in [5, 5.41) is 3.15. The van der Waals surface area contributed by atoms with Gasteiger partial charge in [0.1, 0.15) is 4.90 Å². The highest BCUT2D eigenvalue weighted by molar-refractivity contribution is 7.99. The van der Waals surface area contributed by atoms with Gasteiger partial charge in [-0.3, -0.25) is 9.10 Å². The van der Waals surface area contributed by atoms with Crippen molar-refractivity contribution in [3.05, 3.63) is 96.2 Å². The molecule has 0 saturated carbocycles. The second-order valence-corrected chi connectivity index (χ2v) is 10.9. The van der Waals surface area contributed by atoms with Gasteiger partial charge in [0.2, 0.25) is 5.91 Å². The standard InChI is InChI=1S/C26H22N4O3S2/c1-18-11-13-19(14-12-18)16-30-22-10-6-5-9-21(22)25-23(35(30,32)33)15-27-26(29-25)34-17-24(31)28-20-7-3-2-4-8-20/h2-15H,16-17H2,1H3,(H,28,31). The molecule has 5 rings (SSSR count). The lowest BCUT2D eigenvalue weighted by Crippen LogP contribution is -2.34. The van der Waals surface area contributed by atoms with Crippen LogP contribution in [0.2, 0.25) is 0 Å². The Kier molecular flexibility index (Phi) is 6.27. The highest BCUT2D eigenvalue weighted by Gasteiger charge is 2.36. The van der Waals surface area contributed by atoms with Gasteiger partial charge in [0, 0.05) is 11.3 Å². The zero-order chi connectivity index (χ0) is 24.4. The summed E-state index contributed by atoms with van der Waals surface area (Å²) in [5.74, 6) is -0.0958. The van der Waals surface area contributed by atoms with Crippen LogP contribution >= 0.6 is 11.8 Å². The van der Waals surface area contributed by atoms with Crippen molar-refractivity contribution in [2.75, 3.05) is 15.4 Å². The van der Waals surface area contributed by atoms with Crippen molar-refractivity contribution in [2.45, 2.75) is 23.5 Å². The summed E-state index contributed by atoms with van der Waals surface area (Å²) in [5.41, 5.74) is 4.33. The molecule has 176 valence electrons. The van der Waals surface area contributed by atoms with E-state index in [-0.39, 0.29) is 23.1 Å². The Hall–Kier alpha value is -3.69. The van der Waals surface area contributed by atoms with Gasteiger partial charge in [-0.25, -0.2) is 18.4 Å². The molecule has 9 heteroatoms. The molecule has 7 nitrogen and oxygen atoms in total. The maximum Gasteiger partial charge on any atom is 0.268 e. The van der Waals surface area contributed by atoms with Gasteiger partial charge in [0.25, 0.3) is 10.0 Å².